The molecule has 7 aliphatic rings. The molecule has 0 aliphatic carbocycles. The van der Waals surface area contributed by atoms with E-state index in [4.69, 9.17) is 117 Å². The van der Waals surface area contributed by atoms with Gasteiger partial charge in [-0.3, -0.25) is 81.7 Å². The third kappa shape index (κ3) is 17.3. The van der Waals surface area contributed by atoms with Crippen LogP contribution in [0.2, 0.25) is 0 Å². The van der Waals surface area contributed by atoms with Crippen molar-refractivity contribution in [1.29, 1.82) is 0 Å². The molecule has 12 aromatic rings. The summed E-state index contributed by atoms with van der Waals surface area (Å²) >= 11 is 0. The average Bonchev–Trinajstić information content (AvgIpc) is 1.62. The van der Waals surface area contributed by atoms with Crippen LogP contribution in [0.25, 0.3) is 67.0 Å². The van der Waals surface area contributed by atoms with Crippen LogP contribution in [0.15, 0.2) is 75.9 Å². The molecule has 19 heterocycles. The van der Waals surface area contributed by atoms with Crippen molar-refractivity contribution in [3.63, 3.8) is 0 Å². The molecule has 19 rings (SSSR count). The zero-order valence-corrected chi connectivity index (χ0v) is 71.4. The van der Waals surface area contributed by atoms with Gasteiger partial charge in [-0.25, -0.2) is 117 Å². The number of fused-ring (bicyclic) bond motifs is 12. The quantitative estimate of drug-likeness (QED) is 0.0694. The molecule has 7 aliphatic heterocycles. The van der Waals surface area contributed by atoms with E-state index in [1.54, 1.807) is 0 Å². The topological polar surface area (TPSA) is 929 Å². The van der Waals surface area contributed by atoms with E-state index in [1.807, 2.05) is 0 Å². The van der Waals surface area contributed by atoms with E-state index in [0.717, 1.165) is 103 Å². The fraction of sp³-hybridized carbons (Fsp3) is 0.500. The molecule has 0 aromatic carbocycles. The molecule has 0 radical (unpaired) electrons. The normalized spacial score (nSPS) is 38.3. The van der Waals surface area contributed by atoms with Gasteiger partial charge in [0.15, 0.2) is 106 Å². The lowest BCUT2D eigenvalue weighted by molar-refractivity contribution is -0.0661. The average molecular weight is 1980 g/mol. The zero-order valence-electron chi connectivity index (χ0n) is 66.1. The first kappa shape index (κ1) is 91.4. The second-order valence-corrected chi connectivity index (χ2v) is 38.3. The van der Waals surface area contributed by atoms with E-state index in [-0.39, 0.29) is 102 Å². The van der Waals surface area contributed by atoms with Gasteiger partial charge in [-0.1, -0.05) is 0 Å². The van der Waals surface area contributed by atoms with E-state index < -0.39 is 234 Å². The standard InChI is InChI=1S/C60H72N30O36P6/c61-43-25-49(73-7-67-43)85(13-79-25)55-31(91)37-19(115-55)1-109-127(97,98)122-38-20(116-56(32(38)92)86-14-80-26-44(62)68-8-74-50(26)86)2-111-129(101,102)124-40-22(118-58(34(40)94)88-16-82-28-46(64)70-10-76-52(28)88)4-113-131(105,106)126-42-24(120-60(36(42)96)90-18-84-30-48(66)72-12-78-54(30)90)6-114-132(107,108)125-41-23(119-59(35(41)95)89-17-83-29-47(65)71-11-77-53(29)89)5-112-130(103,104)123-39-21(3-110-128(99,100)121-37)117-57(33(39)93)87-15-81-27-45(63)69-9-75-51(27)87/h7-24,31-42,55-60,91-96H,1-6H2,(H,97,98)(H,99,100)(H,101,102)(H,103,104)(H,105,106)(H,107,108)(H2,61,67,73)(H2,62,68,74)(H2,63,69,75)(H2,64,70,76)(H2,65,71,77)(H2,66,72,78)/t19-,20-,21-,22-,23-,24-,31-,32-,33-,34-,35-,36-,37-,38-,39-,40-,41-,42-,55-,56-,57-,58-,59-,60-/m1/s1. The molecule has 7 saturated heterocycles. The van der Waals surface area contributed by atoms with Crippen LogP contribution < -0.4 is 34.4 Å². The Morgan fingerprint density at radius 3 is 0.508 bits per heavy atom. The Balaban J connectivity index is 0.672. The lowest BCUT2D eigenvalue weighted by atomic mass is 10.1. The van der Waals surface area contributed by atoms with E-state index in [1.165, 1.54) is 0 Å². The molecule has 0 amide bonds. The van der Waals surface area contributed by atoms with Gasteiger partial charge in [0.05, 0.1) is 77.6 Å². The maximum Gasteiger partial charge on any atom is 0.472 e. The number of phosphoric acid groups is 6. The molecule has 12 aromatic heterocycles. The lowest BCUT2D eigenvalue weighted by Crippen LogP contribution is -2.39. The molecule has 0 bridgehead atoms. The molecule has 0 saturated carbocycles. The second kappa shape index (κ2) is 34.9. The maximum absolute atomic E-state index is 14.7. The fourth-order valence-electron chi connectivity index (χ4n) is 15.7. The first-order chi connectivity index (χ1) is 62.8. The predicted molar refractivity (Wildman–Crippen MR) is 422 cm³/mol. The Labute approximate surface area is 730 Å². The summed E-state index contributed by atoms with van der Waals surface area (Å²) in [6.45, 7) is -8.19. The highest BCUT2D eigenvalue weighted by atomic mass is 31.2. The van der Waals surface area contributed by atoms with Gasteiger partial charge in [0.2, 0.25) is 0 Å². The van der Waals surface area contributed by atoms with Crippen LogP contribution in [-0.4, -0.2) is 327 Å². The Hall–Kier alpha value is -9.72. The number of hydrogen-bond acceptors (Lipinski definition) is 54. The number of aliphatic hydroxyl groups excluding tert-OH is 6. The van der Waals surface area contributed by atoms with Crippen molar-refractivity contribution in [3.05, 3.63) is 75.9 Å². The van der Waals surface area contributed by atoms with Gasteiger partial charge in [-0.15, -0.1) is 0 Å². The zero-order chi connectivity index (χ0) is 92.9. The van der Waals surface area contributed by atoms with Gasteiger partial charge in [-0.05, 0) is 0 Å². The molecular weight excluding hydrogens is 1900 g/mol. The molecule has 708 valence electrons. The molecule has 0 spiro atoms. The summed E-state index contributed by atoms with van der Waals surface area (Å²) in [5.41, 5.74) is 35.0. The number of imidazole rings is 6. The number of hydrogen-bond donors (Lipinski definition) is 18. The Morgan fingerprint density at radius 1 is 0.235 bits per heavy atom. The van der Waals surface area contributed by atoms with E-state index in [2.05, 4.69) is 89.7 Å². The molecule has 30 atom stereocenters. The largest absolute Gasteiger partial charge is 0.472 e. The van der Waals surface area contributed by atoms with Crippen LogP contribution in [0.1, 0.15) is 37.4 Å². The minimum absolute atomic E-state index is 0.0883. The van der Waals surface area contributed by atoms with Crippen LogP contribution in [0.4, 0.5) is 34.9 Å². The number of nitrogen functional groups attached to an aromatic ring is 6. The van der Waals surface area contributed by atoms with Crippen LogP contribution in [0.5, 0.6) is 0 Å². The highest BCUT2D eigenvalue weighted by Crippen LogP contribution is 2.59. The summed E-state index contributed by atoms with van der Waals surface area (Å²) in [6, 6.07) is 0. The highest BCUT2D eigenvalue weighted by Gasteiger charge is 2.59. The van der Waals surface area contributed by atoms with Crippen molar-refractivity contribution >= 4 is 149 Å². The van der Waals surface area contributed by atoms with Crippen molar-refractivity contribution in [3.8, 4) is 0 Å². The Bertz CT molecular complexity index is 5700. The van der Waals surface area contributed by atoms with Gasteiger partial charge in [0, 0.05) is 0 Å². The lowest BCUT2D eigenvalue weighted by Gasteiger charge is -2.27. The number of aromatic nitrogens is 24. The van der Waals surface area contributed by atoms with Crippen LogP contribution in [0, 0.1) is 0 Å². The van der Waals surface area contributed by atoms with Crippen LogP contribution in [-0.2, 0) is 110 Å². The molecule has 132 heavy (non-hydrogen) atoms. The third-order valence-corrected chi connectivity index (χ3v) is 27.7. The van der Waals surface area contributed by atoms with E-state index in [9.17, 15) is 87.4 Å². The van der Waals surface area contributed by atoms with Crippen molar-refractivity contribution in [1.82, 2.24) is 117 Å². The van der Waals surface area contributed by atoms with Crippen molar-refractivity contribution in [2.45, 2.75) is 147 Å². The van der Waals surface area contributed by atoms with Crippen LogP contribution in [0.3, 0.4) is 0 Å². The van der Waals surface area contributed by atoms with Gasteiger partial charge in [-0.2, -0.15) is 0 Å². The van der Waals surface area contributed by atoms with Gasteiger partial charge in [0.1, 0.15) is 181 Å². The van der Waals surface area contributed by atoms with Gasteiger partial charge >= 0.3 is 46.9 Å². The number of nitrogens with two attached hydrogens (primary N) is 6. The summed E-state index contributed by atoms with van der Waals surface area (Å²) in [4.78, 5) is 144. The first-order valence-corrected chi connectivity index (χ1v) is 47.3. The van der Waals surface area contributed by atoms with E-state index >= 15 is 0 Å². The number of anilines is 6. The molecule has 6 unspecified atom stereocenters. The third-order valence-electron chi connectivity index (χ3n) is 21.8. The van der Waals surface area contributed by atoms with Crippen molar-refractivity contribution < 1.29 is 170 Å². The fourth-order valence-corrected chi connectivity index (χ4v) is 21.5. The summed E-state index contributed by atoms with van der Waals surface area (Å²) in [7, 11) is -35.7. The minimum Gasteiger partial charge on any atom is -0.386 e. The second-order valence-electron chi connectivity index (χ2n) is 29.8. The summed E-state index contributed by atoms with van der Waals surface area (Å²) in [5, 5.41) is 73.6. The number of aliphatic hydroxyl groups is 6. The number of rotatable bonds is 6. The summed E-state index contributed by atoms with van der Waals surface area (Å²) in [6.07, 6.45) is -39.1. The maximum atomic E-state index is 14.7. The highest BCUT2D eigenvalue weighted by molar-refractivity contribution is 7.48. The van der Waals surface area contributed by atoms with Crippen molar-refractivity contribution in [2.75, 3.05) is 74.0 Å². The van der Waals surface area contributed by atoms with Crippen molar-refractivity contribution in [2.24, 2.45) is 0 Å². The number of ether oxygens (including phenoxy) is 6. The molecular formula is C60H72N30O36P6. The number of nitrogens with zero attached hydrogens (tertiary/aromatic N) is 24. The Kier molecular flexibility index (Phi) is 24.2. The molecule has 7 fully saturated rings. The van der Waals surface area contributed by atoms with Gasteiger partial charge in [0.25, 0.3) is 0 Å². The smallest absolute Gasteiger partial charge is 0.386 e. The molecule has 66 nitrogen and oxygen atoms in total. The van der Waals surface area contributed by atoms with Crippen LogP contribution >= 0.6 is 46.9 Å². The molecule has 72 heteroatoms. The summed E-state index contributed by atoms with van der Waals surface area (Å²) in [5.74, 6) is -1.21. The van der Waals surface area contributed by atoms with E-state index in [0.29, 0.717) is 0 Å². The Morgan fingerprint density at radius 2 is 0.371 bits per heavy atom. The SMILES string of the molecule is Nc1ncnc2c1ncn2[C@@H]1O[C@@H]2COP(=O)(O)O[C@H]3[C@@H](O)[C@H](n4cnc5c(N)ncnc54)O[C@@H]3COP(=O)(O)O[C@H]3[C@@H](O)[C@H](n4cnc5c(N)ncnc54)O[C@@H]3COP(=O)(O)O[C@H]3[C@@H](O)[C@H](n4cnc5c(N)ncnc54)O[C@@H]3COP(=O)(O)O[C@H]3[C@@H](O)[C@H](n4cnc5c(N)ncnc54)O[C@@H]3COP(=O)(O)O[C@H]3[C@@H](O)[C@H](n4cnc5c(N)ncnc54)O[C@@H]3COP(=O)(O)O[C@H]2[C@H]1O. The first-order valence-electron chi connectivity index (χ1n) is 38.3. The number of phosphoric ester groups is 6. The monoisotopic (exact) mass is 1970 g/mol. The molecule has 24 N–H and O–H groups in total. The predicted octanol–water partition coefficient (Wildman–Crippen LogP) is -4.90. The minimum atomic E-state index is -5.95. The van der Waals surface area contributed by atoms with Gasteiger partial charge < -0.3 is 123 Å². The summed E-state index contributed by atoms with van der Waals surface area (Å²) < 4.78 is 198.